The number of aromatic hydroxyl groups is 1. The van der Waals surface area contributed by atoms with Crippen LogP contribution in [0.5, 0.6) is 11.6 Å². The van der Waals surface area contributed by atoms with Crippen molar-refractivity contribution in [2.45, 2.75) is 18.3 Å². The molecule has 1 aliphatic rings. The average molecular weight is 466 g/mol. The van der Waals surface area contributed by atoms with E-state index in [9.17, 15) is 5.11 Å². The van der Waals surface area contributed by atoms with Crippen molar-refractivity contribution >= 4 is 45.0 Å². The van der Waals surface area contributed by atoms with Crippen LogP contribution in [0.15, 0.2) is 46.0 Å². The summed E-state index contributed by atoms with van der Waals surface area (Å²) in [5.74, 6) is 1.21. The first-order valence-electron chi connectivity index (χ1n) is 8.15. The number of benzene rings is 2. The lowest BCUT2D eigenvalue weighted by atomic mass is 10.1. The number of ether oxygens (including phenoxy) is 1. The molecule has 1 unspecified atom stereocenters. The standard InChI is InChI=1S/C18H14BrClN4O2S/c1-2-27-18-22-17-14(23-24-18)10-5-3-4-6-13(10)21-16(26-17)11-7-9(20)8-12(19)15(11)25/h3-8,16,21,25H,2H2,1H3. The van der Waals surface area contributed by atoms with Crippen LogP contribution in [0.2, 0.25) is 5.02 Å². The van der Waals surface area contributed by atoms with E-state index in [0.717, 1.165) is 17.0 Å². The molecule has 0 aliphatic carbocycles. The van der Waals surface area contributed by atoms with Crippen LogP contribution >= 0.6 is 39.3 Å². The zero-order chi connectivity index (χ0) is 19.0. The second-order valence-corrected chi connectivity index (χ2v) is 8.22. The first-order chi connectivity index (χ1) is 13.1. The second-order valence-electron chi connectivity index (χ2n) is 5.69. The minimum Gasteiger partial charge on any atom is -0.506 e. The molecule has 1 aromatic heterocycles. The molecule has 0 fully saturated rings. The van der Waals surface area contributed by atoms with Crippen LogP contribution in [0.4, 0.5) is 5.69 Å². The number of phenolic OH excluding ortho intramolecular Hbond substituents is 1. The number of hydrogen-bond acceptors (Lipinski definition) is 7. The fraction of sp³-hybridized carbons (Fsp3) is 0.167. The molecule has 0 saturated heterocycles. The molecular weight excluding hydrogens is 452 g/mol. The van der Waals surface area contributed by atoms with E-state index >= 15 is 0 Å². The molecule has 9 heteroatoms. The molecule has 2 aromatic carbocycles. The Bertz CT molecular complexity index is 1020. The summed E-state index contributed by atoms with van der Waals surface area (Å²) in [6.45, 7) is 2.02. The van der Waals surface area contributed by atoms with Crippen LogP contribution in [0, 0.1) is 0 Å². The highest BCUT2D eigenvalue weighted by Gasteiger charge is 2.28. The van der Waals surface area contributed by atoms with Gasteiger partial charge in [-0.2, -0.15) is 4.98 Å². The molecule has 0 radical (unpaired) electrons. The van der Waals surface area contributed by atoms with Gasteiger partial charge in [-0.15, -0.1) is 10.2 Å². The van der Waals surface area contributed by atoms with Gasteiger partial charge in [0.25, 0.3) is 0 Å². The summed E-state index contributed by atoms with van der Waals surface area (Å²) in [7, 11) is 0. The van der Waals surface area contributed by atoms with Crippen LogP contribution in [-0.4, -0.2) is 26.0 Å². The van der Waals surface area contributed by atoms with Crippen molar-refractivity contribution in [3.8, 4) is 22.9 Å². The van der Waals surface area contributed by atoms with Crippen molar-refractivity contribution in [3.05, 3.63) is 51.5 Å². The molecule has 2 heterocycles. The Morgan fingerprint density at radius 2 is 2.11 bits per heavy atom. The molecule has 6 nitrogen and oxygen atoms in total. The van der Waals surface area contributed by atoms with Gasteiger partial charge in [0, 0.05) is 16.3 Å². The van der Waals surface area contributed by atoms with Gasteiger partial charge in [-0.1, -0.05) is 48.5 Å². The van der Waals surface area contributed by atoms with E-state index in [1.807, 2.05) is 31.2 Å². The number of anilines is 1. The highest BCUT2D eigenvalue weighted by molar-refractivity contribution is 9.10. The maximum Gasteiger partial charge on any atom is 0.247 e. The van der Waals surface area contributed by atoms with E-state index in [2.05, 4.69) is 36.4 Å². The van der Waals surface area contributed by atoms with E-state index in [1.54, 1.807) is 12.1 Å². The number of phenols is 1. The molecule has 1 aliphatic heterocycles. The zero-order valence-corrected chi connectivity index (χ0v) is 17.3. The van der Waals surface area contributed by atoms with Crippen molar-refractivity contribution in [1.82, 2.24) is 15.2 Å². The topological polar surface area (TPSA) is 80.2 Å². The third-order valence-electron chi connectivity index (χ3n) is 3.95. The summed E-state index contributed by atoms with van der Waals surface area (Å²) in [6, 6.07) is 10.9. The average Bonchev–Trinajstić information content (AvgIpc) is 2.81. The number of halogens is 2. The molecule has 0 amide bonds. The van der Waals surface area contributed by atoms with Crippen molar-refractivity contribution in [2.24, 2.45) is 0 Å². The summed E-state index contributed by atoms with van der Waals surface area (Å²) in [5.41, 5.74) is 2.65. The minimum absolute atomic E-state index is 0.0444. The fourth-order valence-electron chi connectivity index (χ4n) is 2.76. The van der Waals surface area contributed by atoms with Gasteiger partial charge < -0.3 is 15.2 Å². The van der Waals surface area contributed by atoms with Gasteiger partial charge in [-0.3, -0.25) is 0 Å². The van der Waals surface area contributed by atoms with E-state index in [-0.39, 0.29) is 5.75 Å². The molecular formula is C18H14BrClN4O2S. The van der Waals surface area contributed by atoms with Gasteiger partial charge in [0.05, 0.1) is 10.0 Å². The fourth-order valence-corrected chi connectivity index (χ4v) is 4.10. The number of rotatable bonds is 3. The molecule has 1 atom stereocenters. The summed E-state index contributed by atoms with van der Waals surface area (Å²) < 4.78 is 6.61. The van der Waals surface area contributed by atoms with Gasteiger partial charge in [0.2, 0.25) is 17.3 Å². The molecule has 0 bridgehead atoms. The maximum absolute atomic E-state index is 10.5. The lowest BCUT2D eigenvalue weighted by Crippen LogP contribution is -2.17. The van der Waals surface area contributed by atoms with Gasteiger partial charge in [0.1, 0.15) is 5.75 Å². The van der Waals surface area contributed by atoms with E-state index in [1.165, 1.54) is 11.8 Å². The number of para-hydroxylation sites is 1. The Morgan fingerprint density at radius 3 is 2.93 bits per heavy atom. The molecule has 27 heavy (non-hydrogen) atoms. The van der Waals surface area contributed by atoms with Crippen LogP contribution in [0.3, 0.4) is 0 Å². The molecule has 0 spiro atoms. The number of nitrogens with zero attached hydrogens (tertiary/aromatic N) is 3. The third kappa shape index (κ3) is 3.56. The number of fused-ring (bicyclic) bond motifs is 3. The van der Waals surface area contributed by atoms with Crippen LogP contribution < -0.4 is 10.1 Å². The Morgan fingerprint density at radius 1 is 1.30 bits per heavy atom. The third-order valence-corrected chi connectivity index (χ3v) is 5.49. The van der Waals surface area contributed by atoms with Crippen molar-refractivity contribution < 1.29 is 9.84 Å². The van der Waals surface area contributed by atoms with Gasteiger partial charge in [-0.25, -0.2) is 0 Å². The Labute approximate surface area is 173 Å². The number of nitrogens with one attached hydrogen (secondary N) is 1. The van der Waals surface area contributed by atoms with E-state index in [4.69, 9.17) is 16.3 Å². The molecule has 3 aromatic rings. The van der Waals surface area contributed by atoms with E-state index < -0.39 is 6.23 Å². The summed E-state index contributed by atoms with van der Waals surface area (Å²) in [5, 5.41) is 23.3. The molecule has 2 N–H and O–H groups in total. The first-order valence-corrected chi connectivity index (χ1v) is 10.3. The highest BCUT2D eigenvalue weighted by atomic mass is 79.9. The van der Waals surface area contributed by atoms with Crippen molar-refractivity contribution in [1.29, 1.82) is 0 Å². The largest absolute Gasteiger partial charge is 0.506 e. The van der Waals surface area contributed by atoms with Gasteiger partial charge >= 0.3 is 0 Å². The van der Waals surface area contributed by atoms with Crippen molar-refractivity contribution in [2.75, 3.05) is 11.1 Å². The summed E-state index contributed by atoms with van der Waals surface area (Å²) >= 11 is 11.0. The lowest BCUT2D eigenvalue weighted by Gasteiger charge is -2.21. The summed E-state index contributed by atoms with van der Waals surface area (Å²) in [6.07, 6.45) is -0.710. The SMILES string of the molecule is CCSc1nnc2c(n1)OC(c1cc(Cl)cc(Br)c1O)Nc1ccccc1-2. The van der Waals surface area contributed by atoms with E-state index in [0.29, 0.717) is 31.8 Å². The number of aromatic nitrogens is 3. The Balaban J connectivity index is 1.87. The van der Waals surface area contributed by atoms with Crippen LogP contribution in [-0.2, 0) is 0 Å². The monoisotopic (exact) mass is 464 g/mol. The number of hydrogen-bond donors (Lipinski definition) is 2. The van der Waals surface area contributed by atoms with Crippen molar-refractivity contribution in [3.63, 3.8) is 0 Å². The zero-order valence-electron chi connectivity index (χ0n) is 14.1. The highest BCUT2D eigenvalue weighted by Crippen LogP contribution is 2.43. The van der Waals surface area contributed by atoms with Gasteiger partial charge in [-0.05, 0) is 39.9 Å². The van der Waals surface area contributed by atoms with Gasteiger partial charge in [0.15, 0.2) is 5.69 Å². The smallest absolute Gasteiger partial charge is 0.247 e. The molecule has 0 saturated carbocycles. The second kappa shape index (κ2) is 7.53. The Kier molecular flexibility index (Phi) is 5.12. The quantitative estimate of drug-likeness (QED) is 0.510. The maximum atomic E-state index is 10.5. The molecule has 138 valence electrons. The predicted octanol–water partition coefficient (Wildman–Crippen LogP) is 5.28. The van der Waals surface area contributed by atoms with Crippen LogP contribution in [0.1, 0.15) is 18.7 Å². The minimum atomic E-state index is -0.710. The van der Waals surface area contributed by atoms with Crippen LogP contribution in [0.25, 0.3) is 11.3 Å². The summed E-state index contributed by atoms with van der Waals surface area (Å²) in [4.78, 5) is 4.51. The predicted molar refractivity (Wildman–Crippen MR) is 109 cm³/mol. The first kappa shape index (κ1) is 18.3. The Hall–Kier alpha value is -2.03. The normalized spacial score (nSPS) is 15.1. The number of thioether (sulfide) groups is 1. The molecule has 4 rings (SSSR count). The lowest BCUT2D eigenvalue weighted by molar-refractivity contribution is 0.220.